The highest BCUT2D eigenvalue weighted by atomic mass is 16.5. The summed E-state index contributed by atoms with van der Waals surface area (Å²) in [5.41, 5.74) is 2.83. The molecule has 1 N–H and O–H groups in total. The number of pyridine rings is 1. The van der Waals surface area contributed by atoms with E-state index >= 15 is 0 Å². The van der Waals surface area contributed by atoms with Gasteiger partial charge in [-0.1, -0.05) is 0 Å². The highest BCUT2D eigenvalue weighted by molar-refractivity contribution is 5.91. The molecule has 34 heavy (non-hydrogen) atoms. The first-order chi connectivity index (χ1) is 16.6. The fraction of sp³-hybridized carbons (Fsp3) is 0.0800. The quantitative estimate of drug-likeness (QED) is 0.297. The van der Waals surface area contributed by atoms with E-state index in [0.717, 1.165) is 16.9 Å². The summed E-state index contributed by atoms with van der Waals surface area (Å²) in [4.78, 5) is 25.5. The predicted octanol–water partition coefficient (Wildman–Crippen LogP) is 4.47. The summed E-state index contributed by atoms with van der Waals surface area (Å²) in [5, 5.41) is 7.91. The number of nitrogens with zero attached hydrogens (tertiary/aromatic N) is 5. The molecule has 0 saturated carbocycles. The highest BCUT2D eigenvalue weighted by Crippen LogP contribution is 2.23. The van der Waals surface area contributed by atoms with Crippen LogP contribution in [0.4, 0.5) is 11.5 Å². The summed E-state index contributed by atoms with van der Waals surface area (Å²) in [5.74, 6) is 2.38. The number of carbonyl (C=O) groups is 1. The van der Waals surface area contributed by atoms with Crippen molar-refractivity contribution in [1.29, 1.82) is 0 Å². The van der Waals surface area contributed by atoms with Crippen molar-refractivity contribution >= 4 is 23.3 Å². The number of ether oxygens (including phenoxy) is 2. The van der Waals surface area contributed by atoms with Gasteiger partial charge in [0.1, 0.15) is 17.3 Å². The second-order valence-electron chi connectivity index (χ2n) is 7.44. The van der Waals surface area contributed by atoms with Gasteiger partial charge >= 0.3 is 5.97 Å². The first-order valence-electron chi connectivity index (χ1n) is 10.5. The lowest BCUT2D eigenvalue weighted by atomic mass is 10.2. The summed E-state index contributed by atoms with van der Waals surface area (Å²) in [6.45, 7) is 1.89. The number of aryl methyl sites for hydroxylation is 1. The van der Waals surface area contributed by atoms with E-state index in [-0.39, 0.29) is 0 Å². The minimum atomic E-state index is -0.444. The molecule has 168 valence electrons. The number of fused-ring (bicyclic) bond motifs is 1. The van der Waals surface area contributed by atoms with Gasteiger partial charge in [0, 0.05) is 35.4 Å². The summed E-state index contributed by atoms with van der Waals surface area (Å²) in [7, 11) is 1.57. The Morgan fingerprint density at radius 1 is 0.971 bits per heavy atom. The van der Waals surface area contributed by atoms with E-state index in [1.807, 2.05) is 37.3 Å². The molecule has 9 nitrogen and oxygen atoms in total. The lowest BCUT2D eigenvalue weighted by Crippen LogP contribution is -2.08. The SMILES string of the molecule is COc1ccc(C(=O)Oc2ccc(Nc3cc(C)nc4nc(-c5cccnc5)nn34)cc2)cc1. The van der Waals surface area contributed by atoms with E-state index in [1.165, 1.54) is 0 Å². The van der Waals surface area contributed by atoms with Crippen molar-refractivity contribution in [1.82, 2.24) is 24.6 Å². The molecular formula is C25H20N6O3. The molecule has 0 aliphatic carbocycles. The number of esters is 1. The summed E-state index contributed by atoms with van der Waals surface area (Å²) in [6, 6.07) is 19.4. The Balaban J connectivity index is 1.34. The molecule has 5 rings (SSSR count). The van der Waals surface area contributed by atoms with Gasteiger partial charge < -0.3 is 14.8 Å². The average molecular weight is 452 g/mol. The van der Waals surface area contributed by atoms with Crippen molar-refractivity contribution in [2.75, 3.05) is 12.4 Å². The lowest BCUT2D eigenvalue weighted by molar-refractivity contribution is 0.0734. The van der Waals surface area contributed by atoms with Crippen LogP contribution in [-0.2, 0) is 0 Å². The third-order valence-electron chi connectivity index (χ3n) is 5.02. The molecule has 0 unspecified atom stereocenters. The van der Waals surface area contributed by atoms with Gasteiger partial charge in [-0.15, -0.1) is 5.10 Å². The molecule has 0 atom stereocenters. The molecule has 0 amide bonds. The smallest absolute Gasteiger partial charge is 0.343 e. The van der Waals surface area contributed by atoms with Crippen LogP contribution in [0.2, 0.25) is 0 Å². The molecule has 0 spiro atoms. The first kappa shape index (κ1) is 21.1. The first-order valence-corrected chi connectivity index (χ1v) is 10.5. The van der Waals surface area contributed by atoms with Crippen LogP contribution in [-0.4, -0.2) is 37.6 Å². The largest absolute Gasteiger partial charge is 0.497 e. The maximum atomic E-state index is 12.4. The third-order valence-corrected chi connectivity index (χ3v) is 5.02. The summed E-state index contributed by atoms with van der Waals surface area (Å²) >= 11 is 0. The topological polar surface area (TPSA) is 104 Å². The number of nitrogens with one attached hydrogen (secondary N) is 1. The van der Waals surface area contributed by atoms with Crippen LogP contribution < -0.4 is 14.8 Å². The third kappa shape index (κ3) is 4.40. The second kappa shape index (κ2) is 8.99. The number of carbonyl (C=O) groups excluding carboxylic acids is 1. The van der Waals surface area contributed by atoms with Crippen molar-refractivity contribution < 1.29 is 14.3 Å². The number of rotatable bonds is 6. The summed E-state index contributed by atoms with van der Waals surface area (Å²) < 4.78 is 12.2. The summed E-state index contributed by atoms with van der Waals surface area (Å²) in [6.07, 6.45) is 3.41. The Morgan fingerprint density at radius 3 is 2.44 bits per heavy atom. The van der Waals surface area contributed by atoms with E-state index in [2.05, 4.69) is 25.4 Å². The molecule has 0 aliphatic rings. The predicted molar refractivity (Wildman–Crippen MR) is 126 cm³/mol. The van der Waals surface area contributed by atoms with E-state index in [9.17, 15) is 4.79 Å². The molecule has 0 fully saturated rings. The van der Waals surface area contributed by atoms with Gasteiger partial charge in [0.05, 0.1) is 12.7 Å². The Kier molecular flexibility index (Phi) is 5.57. The van der Waals surface area contributed by atoms with Crippen LogP contribution in [0.15, 0.2) is 79.1 Å². The van der Waals surface area contributed by atoms with Crippen molar-refractivity contribution in [2.45, 2.75) is 6.92 Å². The number of benzene rings is 2. The molecular weight excluding hydrogens is 432 g/mol. The number of hydrogen-bond acceptors (Lipinski definition) is 8. The number of methoxy groups -OCH3 is 1. The van der Waals surface area contributed by atoms with Crippen molar-refractivity contribution in [3.63, 3.8) is 0 Å². The fourth-order valence-corrected chi connectivity index (χ4v) is 3.34. The standard InChI is InChI=1S/C25H20N6O3/c1-16-14-22(31-25(27-16)29-23(30-31)18-4-3-13-26-15-18)28-19-7-11-21(12-8-19)34-24(32)17-5-9-20(33-2)10-6-17/h3-15,28H,1-2H3. The van der Waals surface area contributed by atoms with Gasteiger partial charge in [-0.25, -0.2) is 9.78 Å². The lowest BCUT2D eigenvalue weighted by Gasteiger charge is -2.10. The molecule has 9 heteroatoms. The minimum Gasteiger partial charge on any atom is -0.497 e. The van der Waals surface area contributed by atoms with Gasteiger partial charge in [-0.2, -0.15) is 9.50 Å². The maximum Gasteiger partial charge on any atom is 0.343 e. The molecule has 0 bridgehead atoms. The second-order valence-corrected chi connectivity index (χ2v) is 7.44. The fourth-order valence-electron chi connectivity index (χ4n) is 3.34. The van der Waals surface area contributed by atoms with Gasteiger partial charge in [0.2, 0.25) is 0 Å². The molecule has 3 heterocycles. The van der Waals surface area contributed by atoms with E-state index in [0.29, 0.717) is 34.5 Å². The Labute approximate surface area is 195 Å². The molecule has 0 radical (unpaired) electrons. The van der Waals surface area contributed by atoms with Gasteiger partial charge in [-0.3, -0.25) is 4.98 Å². The van der Waals surface area contributed by atoms with Crippen LogP contribution in [0.1, 0.15) is 16.1 Å². The number of hydrogen-bond donors (Lipinski definition) is 1. The van der Waals surface area contributed by atoms with Crippen LogP contribution in [0, 0.1) is 6.92 Å². The van der Waals surface area contributed by atoms with Crippen LogP contribution in [0.5, 0.6) is 11.5 Å². The number of anilines is 2. The van der Waals surface area contributed by atoms with E-state index in [4.69, 9.17) is 9.47 Å². The molecule has 5 aromatic rings. The van der Waals surface area contributed by atoms with Crippen molar-refractivity contribution in [2.24, 2.45) is 0 Å². The average Bonchev–Trinajstić information content (AvgIpc) is 3.30. The van der Waals surface area contributed by atoms with Gasteiger partial charge in [0.15, 0.2) is 5.82 Å². The van der Waals surface area contributed by atoms with Gasteiger partial charge in [0.25, 0.3) is 5.78 Å². The maximum absolute atomic E-state index is 12.4. The normalized spacial score (nSPS) is 10.8. The van der Waals surface area contributed by atoms with Crippen LogP contribution >= 0.6 is 0 Å². The van der Waals surface area contributed by atoms with Crippen molar-refractivity contribution in [3.8, 4) is 22.9 Å². The minimum absolute atomic E-state index is 0.432. The molecule has 2 aromatic carbocycles. The zero-order chi connectivity index (χ0) is 23.5. The van der Waals surface area contributed by atoms with Crippen LogP contribution in [0.25, 0.3) is 17.2 Å². The zero-order valence-corrected chi connectivity index (χ0v) is 18.5. The highest BCUT2D eigenvalue weighted by Gasteiger charge is 2.13. The Morgan fingerprint density at radius 2 is 1.74 bits per heavy atom. The van der Waals surface area contributed by atoms with Crippen LogP contribution in [0.3, 0.4) is 0 Å². The van der Waals surface area contributed by atoms with Crippen molar-refractivity contribution in [3.05, 3.63) is 90.4 Å². The molecule has 0 saturated heterocycles. The monoisotopic (exact) mass is 452 g/mol. The van der Waals surface area contributed by atoms with Gasteiger partial charge in [-0.05, 0) is 67.6 Å². The molecule has 0 aliphatic heterocycles. The van der Waals surface area contributed by atoms with E-state index in [1.54, 1.807) is 60.4 Å². The molecule has 3 aromatic heterocycles. The zero-order valence-electron chi connectivity index (χ0n) is 18.5. The Bertz CT molecular complexity index is 1450. The Hall–Kier alpha value is -4.79. The van der Waals surface area contributed by atoms with E-state index < -0.39 is 5.97 Å². The number of aromatic nitrogens is 5.